The Morgan fingerprint density at radius 1 is 1.00 bits per heavy atom. The molecule has 0 aromatic heterocycles. The van der Waals surface area contributed by atoms with E-state index >= 15 is 0 Å². The number of piperazine rings is 1. The van der Waals surface area contributed by atoms with Crippen LogP contribution < -0.4 is 5.73 Å². The summed E-state index contributed by atoms with van der Waals surface area (Å²) < 4.78 is 0. The summed E-state index contributed by atoms with van der Waals surface area (Å²) in [6.07, 6.45) is 8.59. The molecule has 3 atom stereocenters. The van der Waals surface area contributed by atoms with Gasteiger partial charge in [0.05, 0.1) is 0 Å². The van der Waals surface area contributed by atoms with Crippen molar-refractivity contribution in [3.05, 3.63) is 0 Å². The molecule has 3 rings (SSSR count). The van der Waals surface area contributed by atoms with Crippen LogP contribution in [0.3, 0.4) is 0 Å². The van der Waals surface area contributed by atoms with E-state index in [1.165, 1.54) is 25.7 Å². The Kier molecular flexibility index (Phi) is 4.85. The summed E-state index contributed by atoms with van der Waals surface area (Å²) in [4.78, 5) is 17.5. The van der Waals surface area contributed by atoms with E-state index in [9.17, 15) is 4.79 Å². The van der Waals surface area contributed by atoms with E-state index in [-0.39, 0.29) is 12.0 Å². The number of hydrogen-bond donors (Lipinski definition) is 1. The number of nitrogens with two attached hydrogens (primary N) is 1. The van der Waals surface area contributed by atoms with Crippen LogP contribution in [-0.4, -0.2) is 54.0 Å². The lowest BCUT2D eigenvalue weighted by Gasteiger charge is -2.41. The van der Waals surface area contributed by atoms with Gasteiger partial charge in [-0.2, -0.15) is 0 Å². The number of nitrogens with zero attached hydrogens (tertiary/aromatic N) is 2. The van der Waals surface area contributed by atoms with Crippen molar-refractivity contribution in [2.75, 3.05) is 26.2 Å². The molecule has 0 spiro atoms. The summed E-state index contributed by atoms with van der Waals surface area (Å²) in [5.41, 5.74) is 6.08. The Morgan fingerprint density at radius 2 is 1.67 bits per heavy atom. The molecule has 120 valence electrons. The summed E-state index contributed by atoms with van der Waals surface area (Å²) in [7, 11) is 0. The summed E-state index contributed by atoms with van der Waals surface area (Å²) >= 11 is 0. The average molecular weight is 293 g/mol. The van der Waals surface area contributed by atoms with Crippen molar-refractivity contribution in [2.45, 2.75) is 64.0 Å². The highest BCUT2D eigenvalue weighted by atomic mass is 16.2. The second-order valence-electron chi connectivity index (χ2n) is 7.46. The lowest BCUT2D eigenvalue weighted by atomic mass is 9.77. The number of hydrogen-bond acceptors (Lipinski definition) is 3. The smallest absolute Gasteiger partial charge is 0.226 e. The first-order valence-electron chi connectivity index (χ1n) is 8.93. The first-order valence-corrected chi connectivity index (χ1v) is 8.93. The normalized spacial score (nSPS) is 36.1. The fourth-order valence-corrected chi connectivity index (χ4v) is 4.51. The average Bonchev–Trinajstić information content (AvgIpc) is 3.03. The van der Waals surface area contributed by atoms with Gasteiger partial charge in [-0.25, -0.2) is 0 Å². The number of carbonyl (C=O) groups is 1. The molecular formula is C17H31N3O. The van der Waals surface area contributed by atoms with Crippen LogP contribution in [0, 0.1) is 11.8 Å². The van der Waals surface area contributed by atoms with Crippen molar-refractivity contribution in [1.82, 2.24) is 9.80 Å². The standard InChI is InChI=1S/C17H31N3O/c1-13-6-7-14(18)12-16(13)17(21)20-10-8-19(9-11-20)15-4-2-3-5-15/h13-16H,2-12,18H2,1H3. The lowest BCUT2D eigenvalue weighted by Crippen LogP contribution is -2.54. The molecule has 2 aliphatic carbocycles. The molecule has 4 nitrogen and oxygen atoms in total. The van der Waals surface area contributed by atoms with E-state index in [0.29, 0.717) is 11.8 Å². The zero-order valence-corrected chi connectivity index (χ0v) is 13.5. The molecule has 0 radical (unpaired) electrons. The molecule has 21 heavy (non-hydrogen) atoms. The third kappa shape index (κ3) is 3.42. The molecule has 2 N–H and O–H groups in total. The van der Waals surface area contributed by atoms with Crippen LogP contribution in [0.25, 0.3) is 0 Å². The largest absolute Gasteiger partial charge is 0.340 e. The Balaban J connectivity index is 1.52. The quantitative estimate of drug-likeness (QED) is 0.845. The lowest BCUT2D eigenvalue weighted by molar-refractivity contribution is -0.140. The molecular weight excluding hydrogens is 262 g/mol. The number of amides is 1. The van der Waals surface area contributed by atoms with Crippen molar-refractivity contribution >= 4 is 5.91 Å². The van der Waals surface area contributed by atoms with Gasteiger partial charge in [-0.3, -0.25) is 9.69 Å². The first kappa shape index (κ1) is 15.3. The zero-order chi connectivity index (χ0) is 14.8. The van der Waals surface area contributed by atoms with Crippen molar-refractivity contribution in [3.8, 4) is 0 Å². The van der Waals surface area contributed by atoms with Crippen molar-refractivity contribution in [2.24, 2.45) is 17.6 Å². The maximum absolute atomic E-state index is 12.8. The molecule has 4 heteroatoms. The fraction of sp³-hybridized carbons (Fsp3) is 0.941. The second-order valence-corrected chi connectivity index (χ2v) is 7.46. The zero-order valence-electron chi connectivity index (χ0n) is 13.5. The van der Waals surface area contributed by atoms with E-state index in [1.54, 1.807) is 0 Å². The predicted octanol–water partition coefficient (Wildman–Crippen LogP) is 1.84. The van der Waals surface area contributed by atoms with Crippen LogP contribution in [0.15, 0.2) is 0 Å². The molecule has 1 heterocycles. The van der Waals surface area contributed by atoms with E-state index < -0.39 is 0 Å². The van der Waals surface area contributed by atoms with E-state index in [4.69, 9.17) is 5.73 Å². The third-order valence-electron chi connectivity index (χ3n) is 6.02. The Labute approximate surface area is 129 Å². The van der Waals surface area contributed by atoms with Crippen LogP contribution in [0.1, 0.15) is 51.9 Å². The number of carbonyl (C=O) groups excluding carboxylic acids is 1. The highest BCUT2D eigenvalue weighted by molar-refractivity contribution is 5.79. The minimum absolute atomic E-state index is 0.173. The minimum atomic E-state index is 0.173. The van der Waals surface area contributed by atoms with E-state index in [0.717, 1.165) is 51.5 Å². The monoisotopic (exact) mass is 293 g/mol. The molecule has 3 unspecified atom stereocenters. The summed E-state index contributed by atoms with van der Waals surface area (Å²) in [5, 5.41) is 0. The molecule has 3 aliphatic rings. The Morgan fingerprint density at radius 3 is 2.33 bits per heavy atom. The maximum atomic E-state index is 12.8. The molecule has 1 aliphatic heterocycles. The van der Waals surface area contributed by atoms with Crippen LogP contribution >= 0.6 is 0 Å². The summed E-state index contributed by atoms with van der Waals surface area (Å²) in [5.74, 6) is 1.06. The maximum Gasteiger partial charge on any atom is 0.226 e. The topological polar surface area (TPSA) is 49.6 Å². The highest BCUT2D eigenvalue weighted by Crippen LogP contribution is 2.31. The van der Waals surface area contributed by atoms with Gasteiger partial charge in [0.1, 0.15) is 0 Å². The van der Waals surface area contributed by atoms with Gasteiger partial charge in [-0.15, -0.1) is 0 Å². The van der Waals surface area contributed by atoms with Gasteiger partial charge in [0, 0.05) is 44.2 Å². The first-order chi connectivity index (χ1) is 10.1. The Bertz CT molecular complexity index is 359. The fourth-order valence-electron chi connectivity index (χ4n) is 4.51. The van der Waals surface area contributed by atoms with Crippen molar-refractivity contribution < 1.29 is 4.79 Å². The molecule has 1 saturated heterocycles. The Hall–Kier alpha value is -0.610. The highest BCUT2D eigenvalue weighted by Gasteiger charge is 2.35. The second kappa shape index (κ2) is 6.66. The van der Waals surface area contributed by atoms with E-state index in [1.807, 2.05) is 0 Å². The molecule has 1 amide bonds. The molecule has 2 saturated carbocycles. The van der Waals surface area contributed by atoms with E-state index in [2.05, 4.69) is 16.7 Å². The summed E-state index contributed by atoms with van der Waals surface area (Å²) in [6.45, 7) is 6.22. The van der Waals surface area contributed by atoms with Gasteiger partial charge in [-0.1, -0.05) is 19.8 Å². The van der Waals surface area contributed by atoms with Gasteiger partial charge in [0.15, 0.2) is 0 Å². The van der Waals surface area contributed by atoms with Gasteiger partial charge in [0.2, 0.25) is 5.91 Å². The van der Waals surface area contributed by atoms with Crippen LogP contribution in [0.2, 0.25) is 0 Å². The van der Waals surface area contributed by atoms with Gasteiger partial charge in [-0.05, 0) is 38.0 Å². The molecule has 0 aromatic rings. The molecule has 3 fully saturated rings. The summed E-state index contributed by atoms with van der Waals surface area (Å²) in [6, 6.07) is 1.03. The minimum Gasteiger partial charge on any atom is -0.340 e. The van der Waals surface area contributed by atoms with Crippen molar-refractivity contribution in [1.29, 1.82) is 0 Å². The van der Waals surface area contributed by atoms with Crippen molar-refractivity contribution in [3.63, 3.8) is 0 Å². The number of rotatable bonds is 2. The third-order valence-corrected chi connectivity index (χ3v) is 6.02. The van der Waals surface area contributed by atoms with Gasteiger partial charge < -0.3 is 10.6 Å². The van der Waals surface area contributed by atoms with Crippen LogP contribution in [0.4, 0.5) is 0 Å². The van der Waals surface area contributed by atoms with Crippen LogP contribution in [-0.2, 0) is 4.79 Å². The van der Waals surface area contributed by atoms with Gasteiger partial charge in [0.25, 0.3) is 0 Å². The van der Waals surface area contributed by atoms with Gasteiger partial charge >= 0.3 is 0 Å². The predicted molar refractivity (Wildman–Crippen MR) is 84.9 cm³/mol. The van der Waals surface area contributed by atoms with Crippen LogP contribution in [0.5, 0.6) is 0 Å². The molecule has 0 aromatic carbocycles. The SMILES string of the molecule is CC1CCC(N)CC1C(=O)N1CCN(C2CCCC2)CC1. The molecule has 0 bridgehead atoms.